The van der Waals surface area contributed by atoms with E-state index < -0.39 is 0 Å². The molecule has 1 rings (SSSR count). The maximum absolute atomic E-state index is 10.4. The first-order valence-corrected chi connectivity index (χ1v) is 8.83. The van der Waals surface area contributed by atoms with Crippen LogP contribution in [0.1, 0.15) is 69.2 Å². The second-order valence-electron chi connectivity index (χ2n) is 2.54. The van der Waals surface area contributed by atoms with Gasteiger partial charge in [0.2, 0.25) is 0 Å². The lowest BCUT2D eigenvalue weighted by molar-refractivity contribution is 0.242. The van der Waals surface area contributed by atoms with E-state index in [9.17, 15) is 4.79 Å². The van der Waals surface area contributed by atoms with Gasteiger partial charge in [0.05, 0.1) is 0 Å². The third-order valence-electron chi connectivity index (χ3n) is 1.34. The Morgan fingerprint density at radius 1 is 0.591 bits per heavy atom. The summed E-state index contributed by atoms with van der Waals surface area (Å²) in [5, 5.41) is 5.19. The van der Waals surface area contributed by atoms with Gasteiger partial charge in [-0.1, -0.05) is 91.8 Å². The normalized spacial score (nSPS) is 6.27. The largest absolute Gasteiger partial charge is 0.338 e. The molecule has 0 radical (unpaired) electrons. The van der Waals surface area contributed by atoms with Gasteiger partial charge in [-0.05, 0) is 13.8 Å². The van der Waals surface area contributed by atoms with Crippen LogP contribution < -0.4 is 10.6 Å². The van der Waals surface area contributed by atoms with E-state index in [2.05, 4.69) is 10.6 Å². The van der Waals surface area contributed by atoms with Gasteiger partial charge in [-0.15, -0.1) is 0 Å². The molecule has 0 aromatic heterocycles. The zero-order valence-electron chi connectivity index (χ0n) is 16.8. The minimum atomic E-state index is -0.0880. The Kier molecular flexibility index (Phi) is 74.4. The average Bonchev–Trinajstić information content (AvgIpc) is 2.64. The fraction of sp³-hybridized carbons (Fsp3) is 0.632. The third-order valence-corrected chi connectivity index (χ3v) is 1.34. The first-order valence-electron chi connectivity index (χ1n) is 8.83. The Balaban J connectivity index is -0.0000000609. The van der Waals surface area contributed by atoms with Crippen LogP contribution in [0.2, 0.25) is 0 Å². The molecule has 0 aliphatic heterocycles. The molecule has 0 saturated carbocycles. The molecule has 134 valence electrons. The summed E-state index contributed by atoms with van der Waals surface area (Å²) < 4.78 is 0. The minimum Gasteiger partial charge on any atom is -0.338 e. The number of carbonyl (C=O) groups is 1. The molecule has 0 heterocycles. The second kappa shape index (κ2) is 50.5. The molecular weight excluding hydrogens is 272 g/mol. The molecule has 0 unspecified atom stereocenters. The van der Waals surface area contributed by atoms with Crippen LogP contribution in [0.3, 0.4) is 0 Å². The highest BCUT2D eigenvalue weighted by molar-refractivity contribution is 5.73. The van der Waals surface area contributed by atoms with E-state index in [1.165, 1.54) is 0 Å². The molecule has 2 N–H and O–H groups in total. The van der Waals surface area contributed by atoms with Gasteiger partial charge in [0, 0.05) is 13.1 Å². The summed E-state index contributed by atoms with van der Waals surface area (Å²) in [5.74, 6) is 0. The molecule has 0 spiro atoms. The Morgan fingerprint density at radius 2 is 0.773 bits per heavy atom. The molecule has 0 saturated heterocycles. The summed E-state index contributed by atoms with van der Waals surface area (Å²) in [5.41, 5.74) is 0. The van der Waals surface area contributed by atoms with Crippen molar-refractivity contribution in [3.8, 4) is 0 Å². The fourth-order valence-corrected chi connectivity index (χ4v) is 0.769. The van der Waals surface area contributed by atoms with Crippen molar-refractivity contribution < 1.29 is 4.79 Å². The van der Waals surface area contributed by atoms with Crippen LogP contribution in [-0.2, 0) is 0 Å². The molecule has 0 aliphatic carbocycles. The zero-order valence-corrected chi connectivity index (χ0v) is 16.8. The number of hydrogen-bond donors (Lipinski definition) is 2. The predicted molar refractivity (Wildman–Crippen MR) is 105 cm³/mol. The SMILES string of the molecule is CC.CC.CC.CC.CCNC(=O)NCC.c1ccccc1. The van der Waals surface area contributed by atoms with E-state index >= 15 is 0 Å². The summed E-state index contributed by atoms with van der Waals surface area (Å²) in [4.78, 5) is 10.4. The summed E-state index contributed by atoms with van der Waals surface area (Å²) in [6.07, 6.45) is 0. The highest BCUT2D eigenvalue weighted by atomic mass is 16.2. The molecule has 0 aliphatic rings. The predicted octanol–water partition coefficient (Wildman–Crippen LogP) is 6.12. The lowest BCUT2D eigenvalue weighted by atomic mass is 10.4. The molecule has 2 amide bonds. The number of nitrogens with one attached hydrogen (secondary N) is 2. The van der Waals surface area contributed by atoms with Crippen LogP contribution >= 0.6 is 0 Å². The van der Waals surface area contributed by atoms with Crippen LogP contribution in [0.4, 0.5) is 4.79 Å². The molecule has 1 aromatic carbocycles. The highest BCUT2D eigenvalue weighted by Crippen LogP contribution is 1.79. The van der Waals surface area contributed by atoms with E-state index in [1.54, 1.807) is 0 Å². The van der Waals surface area contributed by atoms with Gasteiger partial charge in [-0.25, -0.2) is 4.79 Å². The third kappa shape index (κ3) is 51.4. The molecule has 0 atom stereocenters. The summed E-state index contributed by atoms with van der Waals surface area (Å²) in [6, 6.07) is 11.9. The van der Waals surface area contributed by atoms with Crippen LogP contribution in [0.5, 0.6) is 0 Å². The van der Waals surface area contributed by atoms with Crippen molar-refractivity contribution in [1.82, 2.24) is 10.6 Å². The van der Waals surface area contributed by atoms with Crippen LogP contribution in [0.25, 0.3) is 0 Å². The van der Waals surface area contributed by atoms with Gasteiger partial charge in [-0.3, -0.25) is 0 Å². The van der Waals surface area contributed by atoms with Crippen LogP contribution in [0.15, 0.2) is 36.4 Å². The number of amides is 2. The summed E-state index contributed by atoms with van der Waals surface area (Å²) in [7, 11) is 0. The van der Waals surface area contributed by atoms with Crippen LogP contribution in [0, 0.1) is 0 Å². The van der Waals surface area contributed by atoms with Crippen molar-refractivity contribution in [3.63, 3.8) is 0 Å². The number of urea groups is 1. The molecule has 0 fully saturated rings. The Morgan fingerprint density at radius 3 is 0.909 bits per heavy atom. The molecule has 1 aromatic rings. The molecular formula is C19H42N2O. The molecule has 3 nitrogen and oxygen atoms in total. The lowest BCUT2D eigenvalue weighted by Gasteiger charge is -1.99. The van der Waals surface area contributed by atoms with Gasteiger partial charge < -0.3 is 10.6 Å². The van der Waals surface area contributed by atoms with Gasteiger partial charge in [0.15, 0.2) is 0 Å². The average molecular weight is 315 g/mol. The van der Waals surface area contributed by atoms with E-state index in [0.29, 0.717) is 13.1 Å². The van der Waals surface area contributed by atoms with Crippen molar-refractivity contribution in [2.45, 2.75) is 69.2 Å². The Hall–Kier alpha value is -1.51. The van der Waals surface area contributed by atoms with Crippen molar-refractivity contribution in [3.05, 3.63) is 36.4 Å². The minimum absolute atomic E-state index is 0.0880. The Labute approximate surface area is 140 Å². The number of hydrogen-bond acceptors (Lipinski definition) is 1. The number of benzene rings is 1. The van der Waals surface area contributed by atoms with E-state index in [4.69, 9.17) is 0 Å². The maximum atomic E-state index is 10.4. The number of carbonyl (C=O) groups excluding carboxylic acids is 1. The summed E-state index contributed by atoms with van der Waals surface area (Å²) >= 11 is 0. The molecule has 0 bridgehead atoms. The van der Waals surface area contributed by atoms with E-state index in [1.807, 2.05) is 106 Å². The van der Waals surface area contributed by atoms with E-state index in [0.717, 1.165) is 0 Å². The van der Waals surface area contributed by atoms with Crippen molar-refractivity contribution in [2.24, 2.45) is 0 Å². The number of rotatable bonds is 2. The van der Waals surface area contributed by atoms with Crippen molar-refractivity contribution >= 4 is 6.03 Å². The smallest absolute Gasteiger partial charge is 0.314 e. The first kappa shape index (κ1) is 32.4. The molecule has 22 heavy (non-hydrogen) atoms. The zero-order chi connectivity index (χ0) is 18.6. The monoisotopic (exact) mass is 314 g/mol. The van der Waals surface area contributed by atoms with Gasteiger partial charge >= 0.3 is 6.03 Å². The summed E-state index contributed by atoms with van der Waals surface area (Å²) in [6.45, 7) is 21.1. The Bertz CT molecular complexity index is 191. The fourth-order valence-electron chi connectivity index (χ4n) is 0.769. The van der Waals surface area contributed by atoms with Crippen molar-refractivity contribution in [2.75, 3.05) is 13.1 Å². The van der Waals surface area contributed by atoms with Gasteiger partial charge in [-0.2, -0.15) is 0 Å². The topological polar surface area (TPSA) is 41.1 Å². The lowest BCUT2D eigenvalue weighted by Crippen LogP contribution is -2.34. The van der Waals surface area contributed by atoms with E-state index in [-0.39, 0.29) is 6.03 Å². The quantitative estimate of drug-likeness (QED) is 0.678. The van der Waals surface area contributed by atoms with Gasteiger partial charge in [0.1, 0.15) is 0 Å². The standard InChI is InChI=1S/C6H6.C5H12N2O.4C2H6/c1-2-4-6-5-3-1;1-3-6-5(8)7-4-2;4*1-2/h1-6H;3-4H2,1-2H3,(H2,6,7,8);4*1-2H3. The molecule has 3 heteroatoms. The second-order valence-corrected chi connectivity index (χ2v) is 2.54. The maximum Gasteiger partial charge on any atom is 0.314 e. The van der Waals surface area contributed by atoms with Gasteiger partial charge in [0.25, 0.3) is 0 Å². The van der Waals surface area contributed by atoms with Crippen LogP contribution in [-0.4, -0.2) is 19.1 Å². The first-order chi connectivity index (χ1) is 10.8. The van der Waals surface area contributed by atoms with Crippen molar-refractivity contribution in [1.29, 1.82) is 0 Å². The highest BCUT2D eigenvalue weighted by Gasteiger charge is 1.89.